The van der Waals surface area contributed by atoms with Gasteiger partial charge in [0.15, 0.2) is 0 Å². The zero-order chi connectivity index (χ0) is 22.1. The molecule has 6 nitrogen and oxygen atoms in total. The molecule has 1 atom stereocenters. The largest absolute Gasteiger partial charge is 0.326 e. The molecule has 0 spiro atoms. The Bertz CT molecular complexity index is 1280. The Kier molecular flexibility index (Phi) is 5.41. The van der Waals surface area contributed by atoms with Crippen molar-refractivity contribution in [2.24, 2.45) is 11.5 Å². The molecule has 4 aromatic rings. The molecule has 32 heavy (non-hydrogen) atoms. The molecule has 0 amide bonds. The summed E-state index contributed by atoms with van der Waals surface area (Å²) >= 11 is 0. The maximum Gasteiger partial charge on any atom is 0.202 e. The molecule has 6 heteroatoms. The second-order valence-electron chi connectivity index (χ2n) is 7.95. The highest BCUT2D eigenvalue weighted by atomic mass is 16.1. The molecular weight excluding hydrogens is 398 g/mol. The molecule has 0 fully saturated rings. The van der Waals surface area contributed by atoms with E-state index in [1.54, 1.807) is 6.33 Å². The van der Waals surface area contributed by atoms with E-state index in [4.69, 9.17) is 11.5 Å². The summed E-state index contributed by atoms with van der Waals surface area (Å²) in [5.41, 5.74) is 19.2. The summed E-state index contributed by atoms with van der Waals surface area (Å²) in [6.45, 7) is 1.47. The van der Waals surface area contributed by atoms with Crippen molar-refractivity contribution in [2.45, 2.75) is 25.7 Å². The minimum Gasteiger partial charge on any atom is -0.326 e. The maximum absolute atomic E-state index is 13.5. The molecule has 2 heterocycles. The molecule has 0 saturated heterocycles. The van der Waals surface area contributed by atoms with E-state index < -0.39 is 6.04 Å². The number of benzene rings is 3. The first-order valence-corrected chi connectivity index (χ1v) is 10.7. The van der Waals surface area contributed by atoms with E-state index in [1.165, 1.54) is 0 Å². The predicted molar refractivity (Wildman–Crippen MR) is 125 cm³/mol. The second kappa shape index (κ2) is 8.51. The molecule has 160 valence electrons. The molecule has 0 radical (unpaired) electrons. The Hall–Kier alpha value is -3.58. The van der Waals surface area contributed by atoms with Crippen molar-refractivity contribution >= 4 is 5.78 Å². The normalized spacial score (nSPS) is 15.6. The molecule has 1 unspecified atom stereocenters. The average molecular weight is 424 g/mol. The molecule has 1 aliphatic rings. The third kappa shape index (κ3) is 3.54. The van der Waals surface area contributed by atoms with E-state index in [2.05, 4.69) is 28.5 Å². The number of imidazole rings is 1. The van der Waals surface area contributed by atoms with Gasteiger partial charge in [0.2, 0.25) is 5.78 Å². The highest BCUT2D eigenvalue weighted by Crippen LogP contribution is 2.30. The molecule has 0 bridgehead atoms. The van der Waals surface area contributed by atoms with Gasteiger partial charge in [0.1, 0.15) is 12.0 Å². The summed E-state index contributed by atoms with van der Waals surface area (Å²) in [6.07, 6.45) is 1.72. The van der Waals surface area contributed by atoms with Gasteiger partial charge < -0.3 is 11.5 Å². The molecule has 0 aliphatic carbocycles. The topological polar surface area (TPSA) is 99.0 Å². The zero-order valence-electron chi connectivity index (χ0n) is 17.7. The van der Waals surface area contributed by atoms with Gasteiger partial charge in [-0.2, -0.15) is 0 Å². The van der Waals surface area contributed by atoms with Gasteiger partial charge in [-0.3, -0.25) is 14.7 Å². The number of Topliss-reactive ketones (excluding diaryl/α,β-unsaturated/α-hetero) is 1. The van der Waals surface area contributed by atoms with Gasteiger partial charge in [0.05, 0.1) is 11.7 Å². The summed E-state index contributed by atoms with van der Waals surface area (Å²) in [4.78, 5) is 18.0. The number of carbonyl (C=O) groups excluding carboxylic acids is 1. The van der Waals surface area contributed by atoms with Crippen LogP contribution in [0.3, 0.4) is 0 Å². The zero-order valence-corrected chi connectivity index (χ0v) is 17.7. The molecular formula is C26H25N5O. The van der Waals surface area contributed by atoms with E-state index in [1.807, 2.05) is 59.2 Å². The Morgan fingerprint density at radius 2 is 1.78 bits per heavy atom. The van der Waals surface area contributed by atoms with E-state index >= 15 is 0 Å². The van der Waals surface area contributed by atoms with Crippen LogP contribution in [0.2, 0.25) is 0 Å². The molecule has 0 saturated carbocycles. The number of nitrogens with two attached hydrogens (primary N) is 2. The standard InChI is InChI=1S/C26H25N5O/c27-13-17-4-3-6-21(12-17)31-16-30-23-15-29-24(26(32)25(23)31)19-10-8-18(9-11-19)22-7-2-1-5-20(22)14-28/h1-12,16,24,29H,13-15,27-28H2. The van der Waals surface area contributed by atoms with Gasteiger partial charge in [-0.05, 0) is 39.9 Å². The van der Waals surface area contributed by atoms with Crippen LogP contribution in [0.15, 0.2) is 79.1 Å². The van der Waals surface area contributed by atoms with Crippen LogP contribution in [0.5, 0.6) is 0 Å². The van der Waals surface area contributed by atoms with Gasteiger partial charge in [0, 0.05) is 25.3 Å². The number of carbonyl (C=O) groups is 1. The maximum atomic E-state index is 13.5. The Morgan fingerprint density at radius 1 is 0.969 bits per heavy atom. The molecule has 5 rings (SSSR count). The smallest absolute Gasteiger partial charge is 0.202 e. The first-order valence-electron chi connectivity index (χ1n) is 10.7. The fourth-order valence-electron chi connectivity index (χ4n) is 4.34. The Morgan fingerprint density at radius 3 is 2.56 bits per heavy atom. The van der Waals surface area contributed by atoms with Crippen molar-refractivity contribution in [3.8, 4) is 16.8 Å². The number of aromatic nitrogens is 2. The van der Waals surface area contributed by atoms with Crippen molar-refractivity contribution in [2.75, 3.05) is 0 Å². The average Bonchev–Trinajstić information content (AvgIpc) is 3.30. The van der Waals surface area contributed by atoms with E-state index in [9.17, 15) is 4.79 Å². The molecule has 5 N–H and O–H groups in total. The minimum atomic E-state index is -0.422. The fourth-order valence-corrected chi connectivity index (χ4v) is 4.34. The highest BCUT2D eigenvalue weighted by Gasteiger charge is 2.32. The first kappa shape index (κ1) is 20.3. The number of fused-ring (bicyclic) bond motifs is 1. The number of nitrogens with one attached hydrogen (secondary N) is 1. The number of hydrogen-bond acceptors (Lipinski definition) is 5. The number of ketones is 1. The van der Waals surface area contributed by atoms with Crippen molar-refractivity contribution in [3.05, 3.63) is 107 Å². The van der Waals surface area contributed by atoms with Gasteiger partial charge in [0.25, 0.3) is 0 Å². The van der Waals surface area contributed by atoms with Gasteiger partial charge in [-0.1, -0.05) is 60.7 Å². The van der Waals surface area contributed by atoms with Gasteiger partial charge in [-0.15, -0.1) is 0 Å². The van der Waals surface area contributed by atoms with Crippen molar-refractivity contribution < 1.29 is 4.79 Å². The predicted octanol–water partition coefficient (Wildman–Crippen LogP) is 3.48. The first-order chi connectivity index (χ1) is 15.7. The van der Waals surface area contributed by atoms with Gasteiger partial charge >= 0.3 is 0 Å². The Labute approximate surface area is 186 Å². The molecule has 1 aromatic heterocycles. The van der Waals surface area contributed by atoms with Crippen molar-refractivity contribution in [1.82, 2.24) is 14.9 Å². The van der Waals surface area contributed by atoms with E-state index in [-0.39, 0.29) is 5.78 Å². The minimum absolute atomic E-state index is 0.0111. The monoisotopic (exact) mass is 423 g/mol. The quantitative estimate of drug-likeness (QED) is 0.456. The highest BCUT2D eigenvalue weighted by molar-refractivity contribution is 6.01. The lowest BCUT2D eigenvalue weighted by Gasteiger charge is -2.24. The van der Waals surface area contributed by atoms with Crippen LogP contribution >= 0.6 is 0 Å². The lowest BCUT2D eigenvalue weighted by molar-refractivity contribution is 0.0922. The van der Waals surface area contributed by atoms with Crippen LogP contribution < -0.4 is 16.8 Å². The fraction of sp³-hybridized carbons (Fsp3) is 0.154. The van der Waals surface area contributed by atoms with E-state index in [0.29, 0.717) is 25.3 Å². The second-order valence-corrected chi connectivity index (χ2v) is 7.95. The lowest BCUT2D eigenvalue weighted by Crippen LogP contribution is -2.35. The summed E-state index contributed by atoms with van der Waals surface area (Å²) in [6, 6.07) is 23.7. The van der Waals surface area contributed by atoms with Crippen molar-refractivity contribution in [3.63, 3.8) is 0 Å². The SMILES string of the molecule is NCc1cccc(-n2cnc3c2C(=O)C(c2ccc(-c4ccccc4CN)cc2)NC3)c1. The number of nitrogens with zero attached hydrogens (tertiary/aromatic N) is 2. The Balaban J connectivity index is 1.47. The van der Waals surface area contributed by atoms with Crippen LogP contribution in [0, 0.1) is 0 Å². The van der Waals surface area contributed by atoms with Crippen molar-refractivity contribution in [1.29, 1.82) is 0 Å². The molecule has 3 aromatic carbocycles. The van der Waals surface area contributed by atoms with Gasteiger partial charge in [-0.25, -0.2) is 4.98 Å². The summed E-state index contributed by atoms with van der Waals surface area (Å²) < 4.78 is 1.87. The van der Waals surface area contributed by atoms with Crippen LogP contribution in [0.25, 0.3) is 16.8 Å². The summed E-state index contributed by atoms with van der Waals surface area (Å²) in [7, 11) is 0. The third-order valence-corrected chi connectivity index (χ3v) is 6.03. The van der Waals surface area contributed by atoms with Crippen LogP contribution in [-0.2, 0) is 19.6 Å². The lowest BCUT2D eigenvalue weighted by atomic mass is 9.93. The summed E-state index contributed by atoms with van der Waals surface area (Å²) in [5, 5.41) is 3.35. The third-order valence-electron chi connectivity index (χ3n) is 6.03. The van der Waals surface area contributed by atoms with Crippen LogP contribution in [0.4, 0.5) is 0 Å². The van der Waals surface area contributed by atoms with Crippen LogP contribution in [0.1, 0.15) is 38.9 Å². The van der Waals surface area contributed by atoms with Crippen LogP contribution in [-0.4, -0.2) is 15.3 Å². The molecule has 1 aliphatic heterocycles. The number of hydrogen-bond donors (Lipinski definition) is 3. The summed E-state index contributed by atoms with van der Waals surface area (Å²) in [5.74, 6) is 0.0111. The number of rotatable bonds is 5. The van der Waals surface area contributed by atoms with E-state index in [0.717, 1.165) is 39.2 Å².